The van der Waals surface area contributed by atoms with Crippen molar-refractivity contribution in [2.24, 2.45) is 10.9 Å². The van der Waals surface area contributed by atoms with E-state index in [9.17, 15) is 0 Å². The van der Waals surface area contributed by atoms with E-state index in [0.29, 0.717) is 17.5 Å². The zero-order valence-corrected chi connectivity index (χ0v) is 30.8. The quantitative estimate of drug-likeness (QED) is 0.164. The van der Waals surface area contributed by atoms with E-state index in [1.54, 1.807) is 0 Å². The number of benzene rings is 5. The van der Waals surface area contributed by atoms with Gasteiger partial charge >= 0.3 is 7.12 Å². The van der Waals surface area contributed by atoms with Crippen molar-refractivity contribution >= 4 is 67.7 Å². The van der Waals surface area contributed by atoms with Crippen LogP contribution in [-0.2, 0) is 9.31 Å². The zero-order chi connectivity index (χ0) is 36.8. The molecule has 2 aliphatic heterocycles. The third kappa shape index (κ3) is 5.22. The van der Waals surface area contributed by atoms with Gasteiger partial charge in [0.25, 0.3) is 0 Å². The summed E-state index contributed by atoms with van der Waals surface area (Å²) in [5.41, 5.74) is 7.88. The van der Waals surface area contributed by atoms with Gasteiger partial charge < -0.3 is 18.1 Å². The number of para-hydroxylation sites is 4. The first-order chi connectivity index (χ1) is 26.1. The number of aromatic nitrogens is 3. The van der Waals surface area contributed by atoms with Crippen LogP contribution in [0.3, 0.4) is 0 Å². The molecule has 8 nitrogen and oxygen atoms in total. The molecule has 5 aromatic carbocycles. The number of rotatable bonds is 5. The SMILES string of the molecule is CC1CC(c2ccc(B3OC(C)(C)C(C)(C)O3)cc2)=NC=C1c1nc(-c2cccc3c2oc2ccccc23)nc(-c2cccc3c2oc2ccccc23)n1. The Morgan fingerprint density at radius 3 is 1.61 bits per heavy atom. The van der Waals surface area contributed by atoms with Crippen molar-refractivity contribution in [3.63, 3.8) is 0 Å². The summed E-state index contributed by atoms with van der Waals surface area (Å²) >= 11 is 0. The van der Waals surface area contributed by atoms with E-state index in [4.69, 9.17) is 38.1 Å². The van der Waals surface area contributed by atoms with Gasteiger partial charge in [0.1, 0.15) is 22.3 Å². The lowest BCUT2D eigenvalue weighted by Gasteiger charge is -2.32. The first-order valence-electron chi connectivity index (χ1n) is 18.4. The van der Waals surface area contributed by atoms with Gasteiger partial charge in [-0.25, -0.2) is 15.0 Å². The fourth-order valence-corrected chi connectivity index (χ4v) is 7.60. The maximum atomic E-state index is 6.45. The van der Waals surface area contributed by atoms with E-state index >= 15 is 0 Å². The zero-order valence-electron chi connectivity index (χ0n) is 30.8. The van der Waals surface area contributed by atoms with Crippen LogP contribution in [0.4, 0.5) is 0 Å². The van der Waals surface area contributed by atoms with Crippen molar-refractivity contribution in [2.75, 3.05) is 0 Å². The fourth-order valence-electron chi connectivity index (χ4n) is 7.60. The van der Waals surface area contributed by atoms with E-state index in [1.807, 2.05) is 66.9 Å². The van der Waals surface area contributed by atoms with Crippen LogP contribution in [0, 0.1) is 5.92 Å². The summed E-state index contributed by atoms with van der Waals surface area (Å²) in [5.74, 6) is 1.69. The molecule has 9 heteroatoms. The van der Waals surface area contributed by atoms with E-state index < -0.39 is 18.3 Å². The predicted octanol–water partition coefficient (Wildman–Crippen LogP) is 10.2. The molecule has 10 rings (SSSR count). The number of hydrogen-bond donors (Lipinski definition) is 0. The molecule has 54 heavy (non-hydrogen) atoms. The summed E-state index contributed by atoms with van der Waals surface area (Å²) in [4.78, 5) is 20.4. The monoisotopic (exact) mass is 708 g/mol. The van der Waals surface area contributed by atoms with Crippen molar-refractivity contribution in [3.8, 4) is 22.8 Å². The number of aliphatic imine (C=N–C) groups is 1. The lowest BCUT2D eigenvalue weighted by molar-refractivity contribution is 0.00578. The minimum Gasteiger partial charge on any atom is -0.455 e. The average molecular weight is 709 g/mol. The molecule has 0 spiro atoms. The van der Waals surface area contributed by atoms with Crippen LogP contribution in [-0.4, -0.2) is 39.0 Å². The second-order valence-electron chi connectivity index (χ2n) is 15.3. The van der Waals surface area contributed by atoms with Gasteiger partial charge in [0.05, 0.1) is 22.3 Å². The molecular formula is C45H37BN4O4. The molecule has 1 unspecified atom stereocenters. The molecule has 1 saturated heterocycles. The van der Waals surface area contributed by atoms with Gasteiger partial charge in [-0.15, -0.1) is 0 Å². The minimum absolute atomic E-state index is 0.0763. The third-order valence-corrected chi connectivity index (χ3v) is 11.3. The molecule has 2 aliphatic rings. The molecule has 0 radical (unpaired) electrons. The first-order valence-corrected chi connectivity index (χ1v) is 18.4. The number of furan rings is 2. The number of allylic oxidation sites excluding steroid dienone is 1. The van der Waals surface area contributed by atoms with Gasteiger partial charge in [0.2, 0.25) is 0 Å². The van der Waals surface area contributed by atoms with Crippen molar-refractivity contribution < 1.29 is 18.1 Å². The van der Waals surface area contributed by atoms with Crippen LogP contribution in [0.15, 0.2) is 129 Å². The van der Waals surface area contributed by atoms with Crippen LogP contribution in [0.5, 0.6) is 0 Å². The van der Waals surface area contributed by atoms with Crippen molar-refractivity contribution in [1.29, 1.82) is 0 Å². The van der Waals surface area contributed by atoms with Crippen LogP contribution in [0.1, 0.15) is 52.4 Å². The molecule has 5 heterocycles. The predicted molar refractivity (Wildman–Crippen MR) is 216 cm³/mol. The lowest BCUT2D eigenvalue weighted by atomic mass is 9.78. The van der Waals surface area contributed by atoms with Crippen molar-refractivity contribution in [1.82, 2.24) is 15.0 Å². The Hall–Kier alpha value is -5.90. The van der Waals surface area contributed by atoms with Gasteiger partial charge in [0, 0.05) is 39.0 Å². The Kier molecular flexibility index (Phi) is 7.31. The van der Waals surface area contributed by atoms with Crippen LogP contribution in [0.2, 0.25) is 0 Å². The number of hydrogen-bond acceptors (Lipinski definition) is 8. The average Bonchev–Trinajstić information content (AvgIpc) is 3.82. The lowest BCUT2D eigenvalue weighted by Crippen LogP contribution is -2.41. The van der Waals surface area contributed by atoms with Crippen LogP contribution < -0.4 is 5.46 Å². The molecule has 3 aromatic heterocycles. The molecule has 0 bridgehead atoms. The highest BCUT2D eigenvalue weighted by molar-refractivity contribution is 6.62. The van der Waals surface area contributed by atoms with Gasteiger partial charge in [-0.2, -0.15) is 0 Å². The Balaban J connectivity index is 1.08. The molecule has 0 N–H and O–H groups in total. The fraction of sp³-hybridized carbons (Fsp3) is 0.200. The Morgan fingerprint density at radius 2 is 1.07 bits per heavy atom. The van der Waals surface area contributed by atoms with E-state index in [0.717, 1.165) is 83.7 Å². The minimum atomic E-state index is -0.411. The second kappa shape index (κ2) is 12.1. The standard InChI is InChI=1S/C45H37BN4O4/c1-26-24-36(27-20-22-28(23-21-27)46-53-44(2,3)45(4,5)54-46)47-25-35(26)43-49-41(33-16-10-14-31-29-12-6-8-18-37(29)51-39(31)33)48-42(50-43)34-17-11-15-32-30-13-7-9-19-38(30)52-40(32)34/h6-23,25-26H,24H2,1-5H3. The maximum Gasteiger partial charge on any atom is 0.494 e. The maximum absolute atomic E-state index is 6.45. The highest BCUT2D eigenvalue weighted by Gasteiger charge is 2.51. The topological polar surface area (TPSA) is 95.8 Å². The summed E-state index contributed by atoms with van der Waals surface area (Å²) in [6, 6.07) is 36.7. The highest BCUT2D eigenvalue weighted by atomic mass is 16.7. The summed E-state index contributed by atoms with van der Waals surface area (Å²) < 4.78 is 25.5. The highest BCUT2D eigenvalue weighted by Crippen LogP contribution is 2.40. The molecular weight excluding hydrogens is 671 g/mol. The van der Waals surface area contributed by atoms with Crippen molar-refractivity contribution in [3.05, 3.63) is 127 Å². The summed E-state index contributed by atoms with van der Waals surface area (Å²) in [6.45, 7) is 10.5. The molecule has 0 aliphatic carbocycles. The molecule has 0 saturated carbocycles. The summed E-state index contributed by atoms with van der Waals surface area (Å²) in [7, 11) is -0.411. The summed E-state index contributed by atoms with van der Waals surface area (Å²) in [6.07, 6.45) is 2.63. The van der Waals surface area contributed by atoms with Crippen molar-refractivity contribution in [2.45, 2.75) is 52.2 Å². The van der Waals surface area contributed by atoms with E-state index in [2.05, 4.69) is 83.1 Å². The van der Waals surface area contributed by atoms with Gasteiger partial charge in [0.15, 0.2) is 17.5 Å². The molecule has 1 fully saturated rings. The molecule has 1 atom stereocenters. The third-order valence-electron chi connectivity index (χ3n) is 11.3. The van der Waals surface area contributed by atoms with E-state index in [-0.39, 0.29) is 5.92 Å². The van der Waals surface area contributed by atoms with Gasteiger partial charge in [-0.05, 0) is 75.3 Å². The molecule has 8 aromatic rings. The Bertz CT molecular complexity index is 2700. The van der Waals surface area contributed by atoms with Gasteiger partial charge in [-0.1, -0.05) is 91.9 Å². The van der Waals surface area contributed by atoms with Crippen LogP contribution in [0.25, 0.3) is 72.2 Å². The molecule has 0 amide bonds. The largest absolute Gasteiger partial charge is 0.494 e. The smallest absolute Gasteiger partial charge is 0.455 e. The first kappa shape index (κ1) is 32.7. The van der Waals surface area contributed by atoms with Gasteiger partial charge in [-0.3, -0.25) is 4.99 Å². The van der Waals surface area contributed by atoms with Crippen LogP contribution >= 0.6 is 0 Å². The Labute approximate surface area is 312 Å². The van der Waals surface area contributed by atoms with E-state index in [1.165, 1.54) is 0 Å². The summed E-state index contributed by atoms with van der Waals surface area (Å²) in [5, 5.41) is 4.11. The number of nitrogens with zero attached hydrogens (tertiary/aromatic N) is 4. The second-order valence-corrected chi connectivity index (χ2v) is 15.3. The number of fused-ring (bicyclic) bond motifs is 6. The Morgan fingerprint density at radius 1 is 0.574 bits per heavy atom. The normalized spacial score (nSPS) is 18.2. The molecule has 264 valence electrons.